The summed E-state index contributed by atoms with van der Waals surface area (Å²) in [6, 6.07) is 10.4. The smallest absolute Gasteiger partial charge is 0.271 e. The fourth-order valence-corrected chi connectivity index (χ4v) is 2.36. The summed E-state index contributed by atoms with van der Waals surface area (Å²) in [6.07, 6.45) is 0. The number of ether oxygens (including phenoxy) is 4. The molecular formula is C18H18N2O5. The molecular weight excluding hydrogens is 324 g/mol. The minimum Gasteiger partial charge on any atom is -0.493 e. The third kappa shape index (κ3) is 3.50. The highest BCUT2D eigenvalue weighted by Gasteiger charge is 2.16. The minimum absolute atomic E-state index is 0.164. The maximum Gasteiger partial charge on any atom is 0.271 e. The van der Waals surface area contributed by atoms with Gasteiger partial charge in [0.1, 0.15) is 0 Å². The molecule has 7 heteroatoms. The zero-order chi connectivity index (χ0) is 17.8. The molecule has 0 radical (unpaired) electrons. The molecule has 0 atom stereocenters. The van der Waals surface area contributed by atoms with Crippen molar-refractivity contribution < 1.29 is 23.7 Å². The van der Waals surface area contributed by atoms with Crippen LogP contribution in [0.1, 0.15) is 22.8 Å². The molecule has 2 aromatic carbocycles. The zero-order valence-corrected chi connectivity index (χ0v) is 14.2. The van der Waals surface area contributed by atoms with Crippen LogP contribution in [0.4, 0.5) is 0 Å². The second-order valence-electron chi connectivity index (χ2n) is 5.28. The number of fused-ring (bicyclic) bond motifs is 1. The van der Waals surface area contributed by atoms with Crippen LogP contribution in [0.25, 0.3) is 0 Å². The Bertz CT molecular complexity index is 832. The summed E-state index contributed by atoms with van der Waals surface area (Å²) in [5.74, 6) is 2.06. The van der Waals surface area contributed by atoms with Gasteiger partial charge in [0.05, 0.1) is 19.9 Å². The summed E-state index contributed by atoms with van der Waals surface area (Å²) >= 11 is 0. The SMILES string of the molecule is COc1ccc(/C(C)=N/NC(=O)c2ccc3c(c2)OCO3)cc1OC. The van der Waals surface area contributed by atoms with Crippen LogP contribution in [0.15, 0.2) is 41.5 Å². The first kappa shape index (κ1) is 16.6. The van der Waals surface area contributed by atoms with Crippen molar-refractivity contribution in [2.45, 2.75) is 6.92 Å². The number of methoxy groups -OCH3 is 2. The minimum atomic E-state index is -0.335. The lowest BCUT2D eigenvalue weighted by molar-refractivity contribution is 0.0954. The van der Waals surface area contributed by atoms with Gasteiger partial charge in [0, 0.05) is 11.1 Å². The molecule has 0 aromatic heterocycles. The normalized spacial score (nSPS) is 12.7. The van der Waals surface area contributed by atoms with E-state index in [0.717, 1.165) is 5.56 Å². The molecule has 1 heterocycles. The molecule has 1 N–H and O–H groups in total. The number of hydrogen-bond donors (Lipinski definition) is 1. The molecule has 1 amide bonds. The second-order valence-corrected chi connectivity index (χ2v) is 5.28. The van der Waals surface area contributed by atoms with E-state index in [-0.39, 0.29) is 12.7 Å². The van der Waals surface area contributed by atoms with Crippen LogP contribution in [-0.2, 0) is 0 Å². The van der Waals surface area contributed by atoms with Gasteiger partial charge in [-0.25, -0.2) is 5.43 Å². The number of benzene rings is 2. The first-order valence-corrected chi connectivity index (χ1v) is 7.59. The van der Waals surface area contributed by atoms with Crippen molar-refractivity contribution in [2.24, 2.45) is 5.10 Å². The first-order chi connectivity index (χ1) is 12.1. The summed E-state index contributed by atoms with van der Waals surface area (Å²) in [4.78, 5) is 12.2. The summed E-state index contributed by atoms with van der Waals surface area (Å²) in [5.41, 5.74) is 4.42. The predicted molar refractivity (Wildman–Crippen MR) is 91.8 cm³/mol. The zero-order valence-electron chi connectivity index (χ0n) is 14.2. The van der Waals surface area contributed by atoms with Crippen molar-refractivity contribution in [1.29, 1.82) is 0 Å². The maximum atomic E-state index is 12.2. The van der Waals surface area contributed by atoms with Crippen LogP contribution >= 0.6 is 0 Å². The lowest BCUT2D eigenvalue weighted by Gasteiger charge is -2.09. The van der Waals surface area contributed by atoms with E-state index in [1.54, 1.807) is 51.5 Å². The second kappa shape index (κ2) is 7.12. The number of hydrogen-bond acceptors (Lipinski definition) is 6. The number of carbonyl (C=O) groups excluding carboxylic acids is 1. The van der Waals surface area contributed by atoms with E-state index in [2.05, 4.69) is 10.5 Å². The molecule has 0 saturated carbocycles. The van der Waals surface area contributed by atoms with Crippen LogP contribution < -0.4 is 24.4 Å². The third-order valence-corrected chi connectivity index (χ3v) is 3.76. The van der Waals surface area contributed by atoms with Crippen molar-refractivity contribution >= 4 is 11.6 Å². The molecule has 0 bridgehead atoms. The Labute approximate surface area is 145 Å². The number of rotatable bonds is 5. The van der Waals surface area contributed by atoms with Crippen LogP contribution in [0.3, 0.4) is 0 Å². The van der Waals surface area contributed by atoms with Crippen LogP contribution in [-0.4, -0.2) is 32.6 Å². The topological polar surface area (TPSA) is 78.4 Å². The van der Waals surface area contributed by atoms with Gasteiger partial charge in [-0.3, -0.25) is 4.79 Å². The van der Waals surface area contributed by atoms with Gasteiger partial charge in [0.25, 0.3) is 5.91 Å². The monoisotopic (exact) mass is 342 g/mol. The van der Waals surface area contributed by atoms with Gasteiger partial charge in [0.15, 0.2) is 23.0 Å². The highest BCUT2D eigenvalue weighted by atomic mass is 16.7. The fourth-order valence-electron chi connectivity index (χ4n) is 2.36. The standard InChI is InChI=1S/C18H18N2O5/c1-11(12-4-6-14(22-2)16(8-12)23-3)19-20-18(21)13-5-7-15-17(9-13)25-10-24-15/h4-9H,10H2,1-3H3,(H,20,21)/b19-11+. The van der Waals surface area contributed by atoms with Crippen molar-refractivity contribution in [3.05, 3.63) is 47.5 Å². The van der Waals surface area contributed by atoms with Crippen molar-refractivity contribution in [1.82, 2.24) is 5.43 Å². The number of nitrogens with zero attached hydrogens (tertiary/aromatic N) is 1. The molecule has 2 aromatic rings. The first-order valence-electron chi connectivity index (χ1n) is 7.59. The average Bonchev–Trinajstić information content (AvgIpc) is 3.12. The van der Waals surface area contributed by atoms with Gasteiger partial charge >= 0.3 is 0 Å². The number of carbonyl (C=O) groups is 1. The van der Waals surface area contributed by atoms with Crippen LogP contribution in [0.5, 0.6) is 23.0 Å². The lowest BCUT2D eigenvalue weighted by atomic mass is 10.1. The maximum absolute atomic E-state index is 12.2. The highest BCUT2D eigenvalue weighted by molar-refractivity contribution is 6.01. The average molecular weight is 342 g/mol. The van der Waals surface area contributed by atoms with E-state index in [9.17, 15) is 4.79 Å². The summed E-state index contributed by atoms with van der Waals surface area (Å²) in [7, 11) is 3.14. The summed E-state index contributed by atoms with van der Waals surface area (Å²) < 4.78 is 21.0. The molecule has 7 nitrogen and oxygen atoms in total. The van der Waals surface area contributed by atoms with Crippen molar-refractivity contribution in [3.8, 4) is 23.0 Å². The molecule has 1 aliphatic heterocycles. The number of amides is 1. The Kier molecular flexibility index (Phi) is 4.74. The van der Waals surface area contributed by atoms with Crippen LogP contribution in [0.2, 0.25) is 0 Å². The quantitative estimate of drug-likeness (QED) is 0.667. The molecule has 25 heavy (non-hydrogen) atoms. The van der Waals surface area contributed by atoms with Crippen molar-refractivity contribution in [2.75, 3.05) is 21.0 Å². The van der Waals surface area contributed by atoms with Crippen molar-refractivity contribution in [3.63, 3.8) is 0 Å². The van der Waals surface area contributed by atoms with Gasteiger partial charge in [-0.2, -0.15) is 5.10 Å². The molecule has 0 unspecified atom stereocenters. The predicted octanol–water partition coefficient (Wildman–Crippen LogP) is 2.59. The Morgan fingerprint density at radius 2 is 1.72 bits per heavy atom. The molecule has 3 rings (SSSR count). The van der Waals surface area contributed by atoms with Gasteiger partial charge in [-0.15, -0.1) is 0 Å². The fraction of sp³-hybridized carbons (Fsp3) is 0.222. The molecule has 0 fully saturated rings. The molecule has 1 aliphatic rings. The van der Waals surface area contributed by atoms with Gasteiger partial charge < -0.3 is 18.9 Å². The van der Waals surface area contributed by atoms with E-state index in [1.807, 2.05) is 6.07 Å². The molecule has 0 saturated heterocycles. The van der Waals surface area contributed by atoms with Gasteiger partial charge in [-0.1, -0.05) is 0 Å². The van der Waals surface area contributed by atoms with E-state index in [0.29, 0.717) is 34.3 Å². The molecule has 0 spiro atoms. The Morgan fingerprint density at radius 3 is 2.48 bits per heavy atom. The van der Waals surface area contributed by atoms with E-state index in [1.165, 1.54) is 0 Å². The van der Waals surface area contributed by atoms with Crippen LogP contribution in [0, 0.1) is 0 Å². The van der Waals surface area contributed by atoms with E-state index >= 15 is 0 Å². The third-order valence-electron chi connectivity index (χ3n) is 3.76. The molecule has 130 valence electrons. The molecule has 0 aliphatic carbocycles. The van der Waals surface area contributed by atoms with E-state index < -0.39 is 0 Å². The Morgan fingerprint density at radius 1 is 1.00 bits per heavy atom. The highest BCUT2D eigenvalue weighted by Crippen LogP contribution is 2.32. The lowest BCUT2D eigenvalue weighted by Crippen LogP contribution is -2.19. The summed E-state index contributed by atoms with van der Waals surface area (Å²) in [5, 5.41) is 4.14. The Hall–Kier alpha value is -3.22. The van der Waals surface area contributed by atoms with E-state index in [4.69, 9.17) is 18.9 Å². The number of nitrogens with one attached hydrogen (secondary N) is 1. The Balaban J connectivity index is 1.73. The van der Waals surface area contributed by atoms with Gasteiger partial charge in [-0.05, 0) is 43.3 Å². The summed E-state index contributed by atoms with van der Waals surface area (Å²) in [6.45, 7) is 1.96. The number of hydrazone groups is 1. The van der Waals surface area contributed by atoms with Gasteiger partial charge in [0.2, 0.25) is 6.79 Å². The largest absolute Gasteiger partial charge is 0.493 e.